The first-order chi connectivity index (χ1) is 4.83. The molecule has 1 aromatic heterocycles. The van der Waals surface area contributed by atoms with E-state index in [2.05, 4.69) is 17.2 Å². The number of unbranched alkanes of at least 4 members (excludes halogenated alkanes) is 1. The van der Waals surface area contributed by atoms with Crippen LogP contribution in [0.3, 0.4) is 0 Å². The van der Waals surface area contributed by atoms with E-state index >= 15 is 0 Å². The summed E-state index contributed by atoms with van der Waals surface area (Å²) in [6, 6.07) is 0. The van der Waals surface area contributed by atoms with Crippen LogP contribution in [0.2, 0.25) is 0 Å². The Bertz CT molecular complexity index is 193. The van der Waals surface area contributed by atoms with Gasteiger partial charge in [0.2, 0.25) is 0 Å². The van der Waals surface area contributed by atoms with Gasteiger partial charge in [0.1, 0.15) is 7.05 Å². The van der Waals surface area contributed by atoms with Gasteiger partial charge in [-0.05, 0) is 11.2 Å². The van der Waals surface area contributed by atoms with E-state index in [1.807, 2.05) is 11.7 Å². The van der Waals surface area contributed by atoms with Gasteiger partial charge in [-0.3, -0.25) is 0 Å². The van der Waals surface area contributed by atoms with Gasteiger partial charge in [-0.15, -0.1) is 4.68 Å². The van der Waals surface area contributed by atoms with E-state index in [9.17, 15) is 0 Å². The van der Waals surface area contributed by atoms with Crippen LogP contribution >= 0.6 is 0 Å². The molecule has 0 aliphatic heterocycles. The van der Waals surface area contributed by atoms with Crippen molar-refractivity contribution >= 4 is 0 Å². The maximum absolute atomic E-state index is 4.07. The molecular weight excluding hydrogens is 128 g/mol. The van der Waals surface area contributed by atoms with Crippen molar-refractivity contribution in [1.29, 1.82) is 0 Å². The SMILES string of the molecule is CCCC[n+]1cnn(C)n1. The van der Waals surface area contributed by atoms with Crippen molar-refractivity contribution in [3.63, 3.8) is 0 Å². The Balaban J connectivity index is 2.42. The van der Waals surface area contributed by atoms with E-state index in [0.29, 0.717) is 0 Å². The van der Waals surface area contributed by atoms with Crippen LogP contribution in [0.1, 0.15) is 19.8 Å². The monoisotopic (exact) mass is 141 g/mol. The topological polar surface area (TPSA) is 34.6 Å². The van der Waals surface area contributed by atoms with Gasteiger partial charge in [-0.2, -0.15) is 0 Å². The number of rotatable bonds is 3. The van der Waals surface area contributed by atoms with Gasteiger partial charge < -0.3 is 0 Å². The maximum atomic E-state index is 4.07. The first kappa shape index (κ1) is 7.18. The Hall–Kier alpha value is -0.930. The Morgan fingerprint density at radius 3 is 2.90 bits per heavy atom. The molecule has 0 N–H and O–H groups in total. The second-order valence-corrected chi connectivity index (χ2v) is 2.33. The summed E-state index contributed by atoms with van der Waals surface area (Å²) in [7, 11) is 1.82. The molecule has 0 aromatic carbocycles. The highest BCUT2D eigenvalue weighted by Crippen LogP contribution is 1.82. The highest BCUT2D eigenvalue weighted by Gasteiger charge is 2.00. The fraction of sp³-hybridized carbons (Fsp3) is 0.833. The van der Waals surface area contributed by atoms with Crippen molar-refractivity contribution in [3.05, 3.63) is 6.33 Å². The number of tetrazole rings is 1. The molecule has 1 heterocycles. The van der Waals surface area contributed by atoms with Crippen LogP contribution < -0.4 is 4.68 Å². The highest BCUT2D eigenvalue weighted by molar-refractivity contribution is 4.24. The van der Waals surface area contributed by atoms with Crippen LogP contribution in [0.15, 0.2) is 6.33 Å². The van der Waals surface area contributed by atoms with Crippen molar-refractivity contribution < 1.29 is 4.68 Å². The van der Waals surface area contributed by atoms with Gasteiger partial charge >= 0.3 is 0 Å². The van der Waals surface area contributed by atoms with Crippen molar-refractivity contribution in [2.24, 2.45) is 7.05 Å². The molecule has 0 amide bonds. The van der Waals surface area contributed by atoms with Gasteiger partial charge in [0, 0.05) is 0 Å². The normalized spacial score (nSPS) is 10.2. The fourth-order valence-electron chi connectivity index (χ4n) is 0.769. The van der Waals surface area contributed by atoms with E-state index in [1.165, 1.54) is 12.8 Å². The number of hydrogen-bond donors (Lipinski definition) is 0. The number of hydrogen-bond acceptors (Lipinski definition) is 2. The third kappa shape index (κ3) is 1.79. The molecule has 4 heteroatoms. The van der Waals surface area contributed by atoms with Crippen molar-refractivity contribution in [1.82, 2.24) is 15.1 Å². The van der Waals surface area contributed by atoms with E-state index in [1.54, 1.807) is 11.1 Å². The molecule has 1 aromatic rings. The fourth-order valence-corrected chi connectivity index (χ4v) is 0.769. The molecule has 0 bridgehead atoms. The van der Waals surface area contributed by atoms with Crippen LogP contribution in [-0.2, 0) is 13.6 Å². The molecule has 0 fully saturated rings. The highest BCUT2D eigenvalue weighted by atomic mass is 15.6. The lowest BCUT2D eigenvalue weighted by Gasteiger charge is -1.88. The summed E-state index contributed by atoms with van der Waals surface area (Å²) >= 11 is 0. The molecule has 0 saturated carbocycles. The van der Waals surface area contributed by atoms with Crippen LogP contribution in [0.4, 0.5) is 0 Å². The summed E-state index contributed by atoms with van der Waals surface area (Å²) in [6.07, 6.45) is 4.11. The minimum Gasteiger partial charge on any atom is -0.140 e. The van der Waals surface area contributed by atoms with Gasteiger partial charge in [0.05, 0.1) is 16.9 Å². The standard InChI is InChI=1S/C6H13N4/c1-3-4-5-10-6-7-9(2)8-10/h6H,3-5H2,1-2H3/q+1. The minimum atomic E-state index is 0.977. The zero-order valence-corrected chi connectivity index (χ0v) is 6.49. The summed E-state index contributed by atoms with van der Waals surface area (Å²) in [5, 5.41) is 8.01. The second-order valence-electron chi connectivity index (χ2n) is 2.33. The first-order valence-electron chi connectivity index (χ1n) is 3.59. The van der Waals surface area contributed by atoms with Crippen LogP contribution in [0, 0.1) is 0 Å². The maximum Gasteiger partial charge on any atom is 0.286 e. The lowest BCUT2D eigenvalue weighted by atomic mass is 10.3. The lowest BCUT2D eigenvalue weighted by Crippen LogP contribution is -2.35. The quantitative estimate of drug-likeness (QED) is 0.551. The number of nitrogens with zero attached hydrogens (tertiary/aromatic N) is 4. The average Bonchev–Trinajstić information content (AvgIpc) is 2.31. The summed E-state index contributed by atoms with van der Waals surface area (Å²) in [5.74, 6) is 0. The molecule has 10 heavy (non-hydrogen) atoms. The molecule has 0 spiro atoms. The molecule has 0 unspecified atom stereocenters. The van der Waals surface area contributed by atoms with Gasteiger partial charge in [-0.25, -0.2) is 0 Å². The summed E-state index contributed by atoms with van der Waals surface area (Å²) in [5.41, 5.74) is 0. The predicted octanol–water partition coefficient (Wildman–Crippen LogP) is -0.0973. The van der Waals surface area contributed by atoms with Gasteiger partial charge in [0.25, 0.3) is 6.33 Å². The molecule has 0 aliphatic rings. The minimum absolute atomic E-state index is 0.977. The zero-order chi connectivity index (χ0) is 7.40. The Kier molecular flexibility index (Phi) is 2.36. The third-order valence-electron chi connectivity index (χ3n) is 1.34. The van der Waals surface area contributed by atoms with Crippen molar-refractivity contribution in [2.45, 2.75) is 26.3 Å². The van der Waals surface area contributed by atoms with E-state index < -0.39 is 0 Å². The third-order valence-corrected chi connectivity index (χ3v) is 1.34. The van der Waals surface area contributed by atoms with Crippen LogP contribution in [-0.4, -0.2) is 15.1 Å². The Labute approximate surface area is 60.4 Å². The molecule has 0 aliphatic carbocycles. The van der Waals surface area contributed by atoms with Gasteiger partial charge in [0.15, 0.2) is 0 Å². The predicted molar refractivity (Wildman–Crippen MR) is 36.1 cm³/mol. The van der Waals surface area contributed by atoms with Crippen LogP contribution in [0.25, 0.3) is 0 Å². The molecule has 0 radical (unpaired) electrons. The van der Waals surface area contributed by atoms with Crippen molar-refractivity contribution in [2.75, 3.05) is 0 Å². The molecule has 1 rings (SSSR count). The summed E-state index contributed by atoms with van der Waals surface area (Å²) < 4.78 is 1.85. The largest absolute Gasteiger partial charge is 0.286 e. The second kappa shape index (κ2) is 3.29. The first-order valence-corrected chi connectivity index (χ1v) is 3.59. The molecule has 4 nitrogen and oxygen atoms in total. The summed E-state index contributed by atoms with van der Waals surface area (Å²) in [4.78, 5) is 1.57. The smallest absolute Gasteiger partial charge is 0.140 e. The zero-order valence-electron chi connectivity index (χ0n) is 6.49. The van der Waals surface area contributed by atoms with E-state index in [-0.39, 0.29) is 0 Å². The molecular formula is C6H13N4+. The van der Waals surface area contributed by atoms with E-state index in [0.717, 1.165) is 6.54 Å². The van der Waals surface area contributed by atoms with Crippen molar-refractivity contribution in [3.8, 4) is 0 Å². The van der Waals surface area contributed by atoms with E-state index in [4.69, 9.17) is 0 Å². The molecule has 56 valence electrons. The molecule has 0 saturated heterocycles. The Morgan fingerprint density at radius 2 is 2.40 bits per heavy atom. The number of aryl methyl sites for hydroxylation is 2. The molecule has 0 atom stereocenters. The van der Waals surface area contributed by atoms with Crippen LogP contribution in [0.5, 0.6) is 0 Å². The Morgan fingerprint density at radius 1 is 1.60 bits per heavy atom. The average molecular weight is 141 g/mol. The van der Waals surface area contributed by atoms with Gasteiger partial charge in [-0.1, -0.05) is 13.3 Å². The summed E-state index contributed by atoms with van der Waals surface area (Å²) in [6.45, 7) is 3.14. The number of aromatic nitrogens is 4. The lowest BCUT2D eigenvalue weighted by molar-refractivity contribution is -0.756.